The number of esters is 1. The average molecular weight is 285 g/mol. The number of ether oxygens (including phenoxy) is 1. The molecule has 6 heteroatoms. The first kappa shape index (κ1) is 14.5. The SMILES string of the molecule is CCOC(=O)c1ccccc1NC(=O)c1cccnc1N. The second-order valence-corrected chi connectivity index (χ2v) is 4.16. The van der Waals surface area contributed by atoms with E-state index in [2.05, 4.69) is 10.3 Å². The van der Waals surface area contributed by atoms with Crippen LogP contribution in [0.25, 0.3) is 0 Å². The number of hydrogen-bond acceptors (Lipinski definition) is 5. The standard InChI is InChI=1S/C15H15N3O3/c1-2-21-15(20)10-6-3-4-8-12(10)18-14(19)11-7-5-9-17-13(11)16/h3-9H,2H2,1H3,(H2,16,17)(H,18,19). The molecule has 0 fully saturated rings. The minimum atomic E-state index is -0.493. The molecule has 0 saturated carbocycles. The first-order valence-electron chi connectivity index (χ1n) is 6.41. The first-order chi connectivity index (χ1) is 10.1. The van der Waals surface area contributed by atoms with E-state index in [0.29, 0.717) is 5.69 Å². The Hall–Kier alpha value is -2.89. The van der Waals surface area contributed by atoms with E-state index >= 15 is 0 Å². The van der Waals surface area contributed by atoms with Crippen molar-refractivity contribution in [2.24, 2.45) is 0 Å². The van der Waals surface area contributed by atoms with Gasteiger partial charge in [0.15, 0.2) is 0 Å². The highest BCUT2D eigenvalue weighted by molar-refractivity contribution is 6.10. The van der Waals surface area contributed by atoms with Crippen LogP contribution in [0.5, 0.6) is 0 Å². The zero-order chi connectivity index (χ0) is 15.2. The van der Waals surface area contributed by atoms with Gasteiger partial charge in [-0.1, -0.05) is 12.1 Å². The fourth-order valence-electron chi connectivity index (χ4n) is 1.78. The molecule has 1 aromatic heterocycles. The number of carbonyl (C=O) groups excluding carboxylic acids is 2. The van der Waals surface area contributed by atoms with Crippen LogP contribution in [0, 0.1) is 0 Å². The van der Waals surface area contributed by atoms with Crippen molar-refractivity contribution in [3.8, 4) is 0 Å². The molecule has 2 aromatic rings. The number of rotatable bonds is 4. The van der Waals surface area contributed by atoms with Crippen LogP contribution in [0.15, 0.2) is 42.6 Å². The number of anilines is 2. The Bertz CT molecular complexity index is 671. The molecule has 1 aromatic carbocycles. The van der Waals surface area contributed by atoms with Gasteiger partial charge in [0.05, 0.1) is 23.4 Å². The number of amides is 1. The van der Waals surface area contributed by atoms with E-state index in [9.17, 15) is 9.59 Å². The van der Waals surface area contributed by atoms with Crippen LogP contribution in [0.3, 0.4) is 0 Å². The molecule has 2 rings (SSSR count). The maximum Gasteiger partial charge on any atom is 0.340 e. The van der Waals surface area contributed by atoms with Gasteiger partial charge in [-0.05, 0) is 31.2 Å². The van der Waals surface area contributed by atoms with E-state index < -0.39 is 11.9 Å². The van der Waals surface area contributed by atoms with E-state index in [1.165, 1.54) is 6.20 Å². The lowest BCUT2D eigenvalue weighted by molar-refractivity contribution is 0.0527. The number of para-hydroxylation sites is 1. The number of carbonyl (C=O) groups is 2. The van der Waals surface area contributed by atoms with Crippen LogP contribution in [0.4, 0.5) is 11.5 Å². The number of pyridine rings is 1. The number of nitrogens with zero attached hydrogens (tertiary/aromatic N) is 1. The number of nitrogens with two attached hydrogens (primary N) is 1. The van der Waals surface area contributed by atoms with Crippen molar-refractivity contribution in [3.63, 3.8) is 0 Å². The lowest BCUT2D eigenvalue weighted by Crippen LogP contribution is -2.17. The summed E-state index contributed by atoms with van der Waals surface area (Å²) in [6, 6.07) is 9.79. The molecular formula is C15H15N3O3. The third-order valence-electron chi connectivity index (χ3n) is 2.75. The highest BCUT2D eigenvalue weighted by Crippen LogP contribution is 2.18. The second kappa shape index (κ2) is 6.51. The summed E-state index contributed by atoms with van der Waals surface area (Å²) in [6.07, 6.45) is 1.50. The predicted octanol–water partition coefficient (Wildman–Crippen LogP) is 2.09. The minimum Gasteiger partial charge on any atom is -0.462 e. The Morgan fingerprint density at radius 1 is 1.19 bits per heavy atom. The van der Waals surface area contributed by atoms with Crippen molar-refractivity contribution in [1.82, 2.24) is 4.98 Å². The average Bonchev–Trinajstić information content (AvgIpc) is 2.48. The van der Waals surface area contributed by atoms with Crippen LogP contribution in [-0.2, 0) is 4.74 Å². The molecule has 0 aliphatic rings. The van der Waals surface area contributed by atoms with Gasteiger partial charge in [0.25, 0.3) is 5.91 Å². The van der Waals surface area contributed by atoms with Crippen molar-refractivity contribution in [1.29, 1.82) is 0 Å². The van der Waals surface area contributed by atoms with Gasteiger partial charge in [0, 0.05) is 6.20 Å². The molecular weight excluding hydrogens is 270 g/mol. The fraction of sp³-hybridized carbons (Fsp3) is 0.133. The Balaban J connectivity index is 2.26. The van der Waals surface area contributed by atoms with Crippen molar-refractivity contribution in [2.45, 2.75) is 6.92 Å². The van der Waals surface area contributed by atoms with Crippen LogP contribution < -0.4 is 11.1 Å². The lowest BCUT2D eigenvalue weighted by atomic mass is 10.1. The number of benzene rings is 1. The molecule has 0 aliphatic heterocycles. The summed E-state index contributed by atoms with van der Waals surface area (Å²) in [5, 5.41) is 2.65. The summed E-state index contributed by atoms with van der Waals surface area (Å²) in [5.74, 6) is -0.798. The summed E-state index contributed by atoms with van der Waals surface area (Å²) in [4.78, 5) is 27.9. The molecule has 0 atom stereocenters. The number of nitrogens with one attached hydrogen (secondary N) is 1. The predicted molar refractivity (Wildman–Crippen MR) is 79.0 cm³/mol. The Morgan fingerprint density at radius 3 is 2.62 bits per heavy atom. The van der Waals surface area contributed by atoms with Crippen molar-refractivity contribution in [2.75, 3.05) is 17.7 Å². The third-order valence-corrected chi connectivity index (χ3v) is 2.75. The summed E-state index contributed by atoms with van der Waals surface area (Å²) in [7, 11) is 0. The van der Waals surface area contributed by atoms with Gasteiger partial charge in [0.2, 0.25) is 0 Å². The summed E-state index contributed by atoms with van der Waals surface area (Å²) in [6.45, 7) is 1.98. The van der Waals surface area contributed by atoms with Crippen LogP contribution in [-0.4, -0.2) is 23.5 Å². The molecule has 1 amide bonds. The normalized spacial score (nSPS) is 9.95. The molecule has 0 spiro atoms. The highest BCUT2D eigenvalue weighted by Gasteiger charge is 2.16. The number of aromatic nitrogens is 1. The molecule has 0 saturated heterocycles. The lowest BCUT2D eigenvalue weighted by Gasteiger charge is -2.10. The molecule has 108 valence electrons. The van der Waals surface area contributed by atoms with E-state index in [4.69, 9.17) is 10.5 Å². The van der Waals surface area contributed by atoms with Gasteiger partial charge < -0.3 is 15.8 Å². The van der Waals surface area contributed by atoms with E-state index in [1.807, 2.05) is 0 Å². The maximum atomic E-state index is 12.2. The first-order valence-corrected chi connectivity index (χ1v) is 6.41. The van der Waals surface area contributed by atoms with Crippen LogP contribution in [0.2, 0.25) is 0 Å². The highest BCUT2D eigenvalue weighted by atomic mass is 16.5. The van der Waals surface area contributed by atoms with Gasteiger partial charge in [0.1, 0.15) is 5.82 Å². The van der Waals surface area contributed by atoms with Gasteiger partial charge >= 0.3 is 5.97 Å². The van der Waals surface area contributed by atoms with Crippen molar-refractivity contribution < 1.29 is 14.3 Å². The number of hydrogen-bond donors (Lipinski definition) is 2. The molecule has 0 radical (unpaired) electrons. The fourth-order valence-corrected chi connectivity index (χ4v) is 1.78. The smallest absolute Gasteiger partial charge is 0.340 e. The topological polar surface area (TPSA) is 94.3 Å². The molecule has 3 N–H and O–H groups in total. The minimum absolute atomic E-state index is 0.128. The molecule has 0 unspecified atom stereocenters. The second-order valence-electron chi connectivity index (χ2n) is 4.16. The molecule has 1 heterocycles. The largest absolute Gasteiger partial charge is 0.462 e. The van der Waals surface area contributed by atoms with Crippen molar-refractivity contribution in [3.05, 3.63) is 53.7 Å². The van der Waals surface area contributed by atoms with Gasteiger partial charge in [-0.15, -0.1) is 0 Å². The monoisotopic (exact) mass is 285 g/mol. The van der Waals surface area contributed by atoms with Gasteiger partial charge in [-0.3, -0.25) is 4.79 Å². The van der Waals surface area contributed by atoms with Crippen molar-refractivity contribution >= 4 is 23.4 Å². The van der Waals surface area contributed by atoms with Gasteiger partial charge in [-0.2, -0.15) is 0 Å². The van der Waals surface area contributed by atoms with Crippen LogP contribution >= 0.6 is 0 Å². The third kappa shape index (κ3) is 3.36. The Morgan fingerprint density at radius 2 is 1.90 bits per heavy atom. The maximum absolute atomic E-state index is 12.2. The number of nitrogen functional groups attached to an aromatic ring is 1. The quantitative estimate of drug-likeness (QED) is 0.839. The Labute approximate surface area is 121 Å². The van der Waals surface area contributed by atoms with E-state index in [-0.39, 0.29) is 23.6 Å². The van der Waals surface area contributed by atoms with Gasteiger partial charge in [-0.25, -0.2) is 9.78 Å². The van der Waals surface area contributed by atoms with Crippen LogP contribution in [0.1, 0.15) is 27.6 Å². The molecule has 0 aliphatic carbocycles. The molecule has 21 heavy (non-hydrogen) atoms. The zero-order valence-electron chi connectivity index (χ0n) is 11.5. The molecule has 6 nitrogen and oxygen atoms in total. The summed E-state index contributed by atoms with van der Waals surface area (Å²) >= 11 is 0. The Kier molecular flexibility index (Phi) is 4.50. The summed E-state index contributed by atoms with van der Waals surface area (Å²) in [5.41, 5.74) is 6.56. The summed E-state index contributed by atoms with van der Waals surface area (Å²) < 4.78 is 4.95. The zero-order valence-corrected chi connectivity index (χ0v) is 11.5. The van der Waals surface area contributed by atoms with E-state index in [1.54, 1.807) is 43.3 Å². The molecule has 0 bridgehead atoms. The van der Waals surface area contributed by atoms with E-state index in [0.717, 1.165) is 0 Å².